The van der Waals surface area contributed by atoms with Gasteiger partial charge < -0.3 is 9.64 Å². The molecule has 7 heteroatoms. The molecule has 0 aromatic heterocycles. The van der Waals surface area contributed by atoms with Crippen LogP contribution in [0.25, 0.3) is 0 Å². The average molecular weight is 388 g/mol. The maximum Gasteiger partial charge on any atom is 0.257 e. The fraction of sp³-hybridized carbons (Fsp3) is 0.350. The molecule has 3 rings (SSSR count). The zero-order chi connectivity index (χ0) is 19.8. The quantitative estimate of drug-likeness (QED) is 0.872. The monoisotopic (exact) mass is 388 g/mol. The minimum absolute atomic E-state index is 0.107. The molecular weight excluding hydrogens is 364 g/mol. The summed E-state index contributed by atoms with van der Waals surface area (Å²) in [5.41, 5.74) is 1.28. The Morgan fingerprint density at radius 2 is 1.85 bits per heavy atom. The fourth-order valence-corrected chi connectivity index (χ4v) is 4.27. The second-order valence-corrected chi connectivity index (χ2v) is 9.11. The van der Waals surface area contributed by atoms with Crippen molar-refractivity contribution in [2.24, 2.45) is 10.6 Å². The minimum Gasteiger partial charge on any atom is -0.496 e. The van der Waals surface area contributed by atoms with E-state index in [0.29, 0.717) is 18.8 Å². The summed E-state index contributed by atoms with van der Waals surface area (Å²) in [6.07, 6.45) is 0. The van der Waals surface area contributed by atoms with Crippen LogP contribution in [0.1, 0.15) is 35.7 Å². The number of likely N-dealkylation sites (tertiary alicyclic amines) is 1. The van der Waals surface area contributed by atoms with Crippen LogP contribution in [0.3, 0.4) is 0 Å². The summed E-state index contributed by atoms with van der Waals surface area (Å²) >= 11 is 0. The van der Waals surface area contributed by atoms with Crippen molar-refractivity contribution in [1.29, 1.82) is 0 Å². The molecule has 0 radical (unpaired) electrons. The van der Waals surface area contributed by atoms with Gasteiger partial charge in [0.15, 0.2) is 0 Å². The summed E-state index contributed by atoms with van der Waals surface area (Å²) < 4.78 is 28.6. The molecule has 1 amide bonds. The lowest BCUT2D eigenvalue weighted by molar-refractivity contribution is 0.0774. The number of benzene rings is 2. The molecule has 0 saturated carbocycles. The molecule has 144 valence electrons. The first-order chi connectivity index (χ1) is 12.6. The van der Waals surface area contributed by atoms with Crippen LogP contribution in [-0.4, -0.2) is 39.4 Å². The fourth-order valence-electron chi connectivity index (χ4n) is 3.73. The van der Waals surface area contributed by atoms with Crippen molar-refractivity contribution < 1.29 is 17.9 Å². The lowest BCUT2D eigenvalue weighted by atomic mass is 9.78. The number of nitrogens with zero attached hydrogens (tertiary/aromatic N) is 1. The van der Waals surface area contributed by atoms with Gasteiger partial charge in [0.25, 0.3) is 5.91 Å². The molecule has 0 bridgehead atoms. The van der Waals surface area contributed by atoms with Gasteiger partial charge in [0, 0.05) is 19.0 Å². The highest BCUT2D eigenvalue weighted by molar-refractivity contribution is 7.89. The number of methoxy groups -OCH3 is 1. The number of sulfonamides is 1. The molecule has 1 aliphatic heterocycles. The molecule has 1 fully saturated rings. The normalized spacial score (nSPS) is 19.1. The Balaban J connectivity index is 1.95. The van der Waals surface area contributed by atoms with Crippen molar-refractivity contribution in [3.05, 3.63) is 59.7 Å². The predicted octanol–water partition coefficient (Wildman–Crippen LogP) is 2.61. The summed E-state index contributed by atoms with van der Waals surface area (Å²) in [5.74, 6) is 0.257. The van der Waals surface area contributed by atoms with Crippen LogP contribution in [-0.2, 0) is 10.0 Å². The van der Waals surface area contributed by atoms with Crippen molar-refractivity contribution >= 4 is 15.9 Å². The number of carbonyl (C=O) groups is 1. The Kier molecular flexibility index (Phi) is 5.01. The third-order valence-electron chi connectivity index (χ3n) is 5.16. The van der Waals surface area contributed by atoms with E-state index in [1.807, 2.05) is 18.2 Å². The number of nitrogens with two attached hydrogens (primary N) is 1. The van der Waals surface area contributed by atoms with Crippen LogP contribution >= 0.6 is 0 Å². The molecule has 0 aliphatic carbocycles. The molecule has 2 aromatic rings. The molecule has 1 aliphatic rings. The number of hydrogen-bond donors (Lipinski definition) is 1. The third kappa shape index (κ3) is 3.84. The van der Waals surface area contributed by atoms with Crippen molar-refractivity contribution in [2.45, 2.75) is 24.7 Å². The summed E-state index contributed by atoms with van der Waals surface area (Å²) in [5, 5.41) is 5.22. The molecule has 0 spiro atoms. The van der Waals surface area contributed by atoms with Crippen LogP contribution in [0, 0.1) is 5.41 Å². The van der Waals surface area contributed by atoms with Crippen LogP contribution in [0.15, 0.2) is 53.4 Å². The molecule has 0 unspecified atom stereocenters. The van der Waals surface area contributed by atoms with Crippen molar-refractivity contribution in [3.63, 3.8) is 0 Å². The van der Waals surface area contributed by atoms with Crippen LogP contribution < -0.4 is 9.88 Å². The molecular formula is C20H24N2O4S. The Morgan fingerprint density at radius 1 is 1.19 bits per heavy atom. The number of carbonyl (C=O) groups excluding carboxylic acids is 1. The number of amides is 1. The van der Waals surface area contributed by atoms with Gasteiger partial charge in [-0.05, 0) is 29.2 Å². The Morgan fingerprint density at radius 3 is 2.44 bits per heavy atom. The first-order valence-electron chi connectivity index (χ1n) is 8.68. The van der Waals surface area contributed by atoms with Crippen molar-refractivity contribution in [2.75, 3.05) is 20.2 Å². The number of rotatable bonds is 4. The van der Waals surface area contributed by atoms with Crippen LogP contribution in [0.4, 0.5) is 0 Å². The molecule has 6 nitrogen and oxygen atoms in total. The van der Waals surface area contributed by atoms with Gasteiger partial charge in [0.2, 0.25) is 10.0 Å². The van der Waals surface area contributed by atoms with Crippen molar-refractivity contribution in [1.82, 2.24) is 4.90 Å². The molecule has 27 heavy (non-hydrogen) atoms. The molecule has 2 aromatic carbocycles. The first-order valence-corrected chi connectivity index (χ1v) is 10.2. The number of ether oxygens (including phenoxy) is 1. The third-order valence-corrected chi connectivity index (χ3v) is 6.07. The van der Waals surface area contributed by atoms with E-state index >= 15 is 0 Å². The van der Waals surface area contributed by atoms with Gasteiger partial charge in [-0.2, -0.15) is 0 Å². The van der Waals surface area contributed by atoms with E-state index in [-0.39, 0.29) is 27.7 Å². The van der Waals surface area contributed by atoms with E-state index in [1.165, 1.54) is 30.9 Å². The molecule has 1 atom stereocenters. The van der Waals surface area contributed by atoms with Crippen LogP contribution in [0.2, 0.25) is 0 Å². The van der Waals surface area contributed by atoms with E-state index in [2.05, 4.69) is 26.0 Å². The number of primary sulfonamides is 1. The van der Waals surface area contributed by atoms with E-state index in [4.69, 9.17) is 9.88 Å². The van der Waals surface area contributed by atoms with Gasteiger partial charge in [-0.3, -0.25) is 4.79 Å². The van der Waals surface area contributed by atoms with E-state index in [9.17, 15) is 13.2 Å². The molecule has 1 saturated heterocycles. The van der Waals surface area contributed by atoms with E-state index < -0.39 is 10.0 Å². The summed E-state index contributed by atoms with van der Waals surface area (Å²) in [6.45, 7) is 5.39. The van der Waals surface area contributed by atoms with E-state index in [1.54, 1.807) is 4.90 Å². The summed E-state index contributed by atoms with van der Waals surface area (Å²) in [7, 11) is -2.46. The Hall–Kier alpha value is -2.38. The van der Waals surface area contributed by atoms with Crippen LogP contribution in [0.5, 0.6) is 5.75 Å². The van der Waals surface area contributed by atoms with Gasteiger partial charge in [0.05, 0.1) is 17.6 Å². The lowest BCUT2D eigenvalue weighted by Crippen LogP contribution is -2.30. The topological polar surface area (TPSA) is 89.7 Å². The maximum atomic E-state index is 13.2. The van der Waals surface area contributed by atoms with Gasteiger partial charge in [-0.15, -0.1) is 0 Å². The summed E-state index contributed by atoms with van der Waals surface area (Å²) in [6, 6.07) is 14.2. The standard InChI is InChI=1S/C20H24N2O4S/c1-20(2)13-22(12-17(20)14-7-5-4-6-8-14)19(23)16-11-15(27(21,24)25)9-10-18(16)26-3/h4-11,17H,12-13H2,1-3H3,(H2,21,24,25)/t17-/m1/s1. The highest BCUT2D eigenvalue weighted by atomic mass is 32.2. The largest absolute Gasteiger partial charge is 0.496 e. The van der Waals surface area contributed by atoms with Gasteiger partial charge in [-0.1, -0.05) is 44.2 Å². The average Bonchev–Trinajstić information content (AvgIpc) is 2.95. The van der Waals surface area contributed by atoms with Gasteiger partial charge >= 0.3 is 0 Å². The summed E-state index contributed by atoms with van der Waals surface area (Å²) in [4.78, 5) is 14.8. The van der Waals surface area contributed by atoms with Crippen molar-refractivity contribution in [3.8, 4) is 5.75 Å². The maximum absolute atomic E-state index is 13.2. The van der Waals surface area contributed by atoms with Gasteiger partial charge in [-0.25, -0.2) is 13.6 Å². The molecule has 2 N–H and O–H groups in total. The lowest BCUT2D eigenvalue weighted by Gasteiger charge is -2.25. The van der Waals surface area contributed by atoms with Gasteiger partial charge in [0.1, 0.15) is 5.75 Å². The smallest absolute Gasteiger partial charge is 0.257 e. The highest BCUT2D eigenvalue weighted by Gasteiger charge is 2.42. The predicted molar refractivity (Wildman–Crippen MR) is 103 cm³/mol. The second-order valence-electron chi connectivity index (χ2n) is 7.54. The SMILES string of the molecule is COc1ccc(S(N)(=O)=O)cc1C(=O)N1C[C@H](c2ccccc2)C(C)(C)C1. The zero-order valence-electron chi connectivity index (χ0n) is 15.7. The molecule has 1 heterocycles. The second kappa shape index (κ2) is 6.98. The zero-order valence-corrected chi connectivity index (χ0v) is 16.5. The number of hydrogen-bond acceptors (Lipinski definition) is 4. The highest BCUT2D eigenvalue weighted by Crippen LogP contribution is 2.43. The Labute approximate surface area is 160 Å². The van der Waals surface area contributed by atoms with E-state index in [0.717, 1.165) is 0 Å². The first kappa shape index (κ1) is 19.4. The Bertz CT molecular complexity index is 955. The minimum atomic E-state index is -3.91.